The number of sulfonamides is 1. The van der Waals surface area contributed by atoms with E-state index in [1.165, 1.54) is 38.5 Å². The Balaban J connectivity index is 1.43. The number of nitrogens with one attached hydrogen (secondary N) is 1. The van der Waals surface area contributed by atoms with Gasteiger partial charge in [-0.1, -0.05) is 30.3 Å². The van der Waals surface area contributed by atoms with Crippen LogP contribution in [0.15, 0.2) is 30.3 Å². The summed E-state index contributed by atoms with van der Waals surface area (Å²) in [7, 11) is -3.54. The highest BCUT2D eigenvalue weighted by molar-refractivity contribution is 7.91. The fourth-order valence-electron chi connectivity index (χ4n) is 6.42. The maximum Gasteiger partial charge on any atom is 0.239 e. The van der Waals surface area contributed by atoms with Gasteiger partial charge in [-0.15, -0.1) is 10.2 Å². The average molecular weight is 401 g/mol. The molecule has 4 aliphatic carbocycles. The van der Waals surface area contributed by atoms with Gasteiger partial charge in [-0.3, -0.25) is 9.29 Å². The molecule has 1 N–H and O–H groups in total. The molecule has 2 aromatic rings. The van der Waals surface area contributed by atoms with Gasteiger partial charge in [-0.05, 0) is 68.8 Å². The fraction of sp³-hybridized carbons (Fsp3) is 0.619. The first-order valence-corrected chi connectivity index (χ1v) is 12.1. The van der Waals surface area contributed by atoms with Crippen LogP contribution in [0, 0.1) is 17.8 Å². The third kappa shape index (κ3) is 3.13. The normalized spacial score (nSPS) is 31.2. The lowest BCUT2D eigenvalue weighted by atomic mass is 9.49. The van der Waals surface area contributed by atoms with E-state index in [2.05, 4.69) is 14.9 Å². The van der Waals surface area contributed by atoms with Crippen LogP contribution in [0.1, 0.15) is 56.8 Å². The molecular formula is C21H28N4O2S. The molecule has 1 heterocycles. The van der Waals surface area contributed by atoms with E-state index in [9.17, 15) is 8.42 Å². The van der Waals surface area contributed by atoms with Crippen LogP contribution in [-0.4, -0.2) is 23.2 Å². The van der Waals surface area contributed by atoms with Gasteiger partial charge in [0.05, 0.1) is 5.75 Å². The predicted octanol–water partition coefficient (Wildman–Crippen LogP) is 3.71. The molecule has 0 unspecified atom stereocenters. The molecule has 6 nitrogen and oxygen atoms in total. The summed E-state index contributed by atoms with van der Waals surface area (Å²) >= 11 is 0. The molecule has 4 saturated carbocycles. The van der Waals surface area contributed by atoms with Gasteiger partial charge in [0.25, 0.3) is 0 Å². The van der Waals surface area contributed by atoms with Crippen molar-refractivity contribution >= 4 is 16.0 Å². The predicted molar refractivity (Wildman–Crippen MR) is 108 cm³/mol. The van der Waals surface area contributed by atoms with Crippen molar-refractivity contribution in [2.75, 3.05) is 4.72 Å². The zero-order valence-corrected chi connectivity index (χ0v) is 17.2. The molecule has 4 fully saturated rings. The summed E-state index contributed by atoms with van der Waals surface area (Å²) in [5.74, 6) is 3.75. The Morgan fingerprint density at radius 3 is 2.21 bits per heavy atom. The summed E-state index contributed by atoms with van der Waals surface area (Å²) < 4.78 is 30.1. The summed E-state index contributed by atoms with van der Waals surface area (Å²) in [4.78, 5) is 0. The van der Waals surface area contributed by atoms with E-state index in [0.29, 0.717) is 12.5 Å². The lowest BCUT2D eigenvalue weighted by Gasteiger charge is -2.56. The van der Waals surface area contributed by atoms with Crippen molar-refractivity contribution in [3.63, 3.8) is 0 Å². The molecule has 1 aromatic heterocycles. The molecular weight excluding hydrogens is 372 g/mol. The molecule has 0 radical (unpaired) electrons. The minimum absolute atomic E-state index is 0.0584. The monoisotopic (exact) mass is 400 g/mol. The van der Waals surface area contributed by atoms with E-state index in [1.54, 1.807) is 0 Å². The zero-order valence-electron chi connectivity index (χ0n) is 16.3. The van der Waals surface area contributed by atoms with Crippen molar-refractivity contribution in [1.82, 2.24) is 14.8 Å². The Hall–Kier alpha value is -1.89. The third-order valence-electron chi connectivity index (χ3n) is 7.03. The Kier molecular flexibility index (Phi) is 4.27. The topological polar surface area (TPSA) is 76.9 Å². The second-order valence-electron chi connectivity index (χ2n) is 9.14. The molecule has 0 aliphatic heterocycles. The first kappa shape index (κ1) is 18.2. The van der Waals surface area contributed by atoms with Crippen LogP contribution in [0.25, 0.3) is 0 Å². The van der Waals surface area contributed by atoms with Gasteiger partial charge in [0.15, 0.2) is 0 Å². The van der Waals surface area contributed by atoms with Crippen molar-refractivity contribution in [2.24, 2.45) is 17.8 Å². The van der Waals surface area contributed by atoms with Crippen LogP contribution in [0.5, 0.6) is 0 Å². The summed E-state index contributed by atoms with van der Waals surface area (Å²) in [6.45, 7) is 2.72. The van der Waals surface area contributed by atoms with Crippen molar-refractivity contribution in [3.8, 4) is 0 Å². The molecule has 28 heavy (non-hydrogen) atoms. The molecule has 0 amide bonds. The lowest BCUT2D eigenvalue weighted by Crippen LogP contribution is -2.49. The Bertz CT molecular complexity index is 932. The molecule has 0 atom stereocenters. The molecule has 0 saturated heterocycles. The number of nitrogens with zero attached hydrogens (tertiary/aromatic N) is 3. The minimum Gasteiger partial charge on any atom is -0.296 e. The third-order valence-corrected chi connectivity index (χ3v) is 8.23. The molecule has 150 valence electrons. The van der Waals surface area contributed by atoms with E-state index in [4.69, 9.17) is 0 Å². The molecule has 4 bridgehead atoms. The Labute approximate surface area is 166 Å². The number of aromatic nitrogens is 3. The molecule has 1 aromatic carbocycles. The number of hydrogen-bond acceptors (Lipinski definition) is 4. The first-order valence-electron chi connectivity index (χ1n) is 10.4. The Morgan fingerprint density at radius 1 is 1.04 bits per heavy atom. The van der Waals surface area contributed by atoms with Gasteiger partial charge < -0.3 is 0 Å². The second-order valence-corrected chi connectivity index (χ2v) is 10.9. The van der Waals surface area contributed by atoms with Gasteiger partial charge in [0, 0.05) is 12.0 Å². The highest BCUT2D eigenvalue weighted by Gasteiger charge is 2.54. The highest BCUT2D eigenvalue weighted by Crippen LogP contribution is 2.60. The van der Waals surface area contributed by atoms with E-state index in [-0.39, 0.29) is 11.2 Å². The number of hydrogen-bond donors (Lipinski definition) is 1. The van der Waals surface area contributed by atoms with Crippen LogP contribution >= 0.6 is 0 Å². The maximum absolute atomic E-state index is 12.7. The highest BCUT2D eigenvalue weighted by atomic mass is 32.2. The van der Waals surface area contributed by atoms with Crippen molar-refractivity contribution < 1.29 is 8.42 Å². The summed E-state index contributed by atoms with van der Waals surface area (Å²) in [6, 6.07) is 9.24. The Morgan fingerprint density at radius 2 is 1.64 bits per heavy atom. The number of benzene rings is 1. The van der Waals surface area contributed by atoms with Gasteiger partial charge in [0.1, 0.15) is 5.82 Å². The van der Waals surface area contributed by atoms with Crippen LogP contribution in [-0.2, 0) is 27.7 Å². The van der Waals surface area contributed by atoms with Crippen LogP contribution < -0.4 is 4.72 Å². The summed E-state index contributed by atoms with van der Waals surface area (Å²) in [6.07, 6.45) is 7.68. The quantitative estimate of drug-likeness (QED) is 0.802. The standard InChI is InChI=1S/C21H28N4O2S/c1-2-25-19(21-11-16-8-17(12-21)10-18(9-16)13-21)22-23-20(25)24-28(26,27)14-15-6-4-3-5-7-15/h3-7,16-18H,2,8-14H2,1H3,(H,23,24). The second kappa shape index (κ2) is 6.58. The number of rotatable bonds is 6. The van der Waals surface area contributed by atoms with Gasteiger partial charge >= 0.3 is 0 Å². The van der Waals surface area contributed by atoms with Gasteiger partial charge in [-0.2, -0.15) is 0 Å². The average Bonchev–Trinajstić information content (AvgIpc) is 3.03. The van der Waals surface area contributed by atoms with Crippen molar-refractivity contribution in [1.29, 1.82) is 0 Å². The minimum atomic E-state index is -3.54. The van der Waals surface area contributed by atoms with E-state index in [1.807, 2.05) is 41.8 Å². The molecule has 7 heteroatoms. The van der Waals surface area contributed by atoms with E-state index < -0.39 is 10.0 Å². The van der Waals surface area contributed by atoms with E-state index >= 15 is 0 Å². The van der Waals surface area contributed by atoms with Crippen molar-refractivity contribution in [3.05, 3.63) is 41.7 Å². The SMILES string of the molecule is CCn1c(NS(=O)(=O)Cc2ccccc2)nnc1C12CC3CC(CC(C3)C1)C2. The largest absolute Gasteiger partial charge is 0.296 e. The molecule has 6 rings (SSSR count). The smallest absolute Gasteiger partial charge is 0.239 e. The van der Waals surface area contributed by atoms with Crippen LogP contribution in [0.2, 0.25) is 0 Å². The maximum atomic E-state index is 12.7. The molecule has 4 aliphatic rings. The number of anilines is 1. The van der Waals surface area contributed by atoms with Crippen molar-refractivity contribution in [2.45, 2.75) is 63.2 Å². The zero-order chi connectivity index (χ0) is 19.4. The lowest BCUT2D eigenvalue weighted by molar-refractivity contribution is -0.0110. The van der Waals surface area contributed by atoms with Crippen LogP contribution in [0.3, 0.4) is 0 Å². The first-order chi connectivity index (χ1) is 13.5. The summed E-state index contributed by atoms with van der Waals surface area (Å²) in [5, 5.41) is 8.85. The van der Waals surface area contributed by atoms with E-state index in [0.717, 1.165) is 29.1 Å². The van der Waals surface area contributed by atoms with Gasteiger partial charge in [0.2, 0.25) is 16.0 Å². The fourth-order valence-corrected chi connectivity index (χ4v) is 7.56. The van der Waals surface area contributed by atoms with Gasteiger partial charge in [-0.25, -0.2) is 8.42 Å². The van der Waals surface area contributed by atoms with Crippen LogP contribution in [0.4, 0.5) is 5.95 Å². The molecule has 0 spiro atoms. The summed E-state index contributed by atoms with van der Waals surface area (Å²) in [5.41, 5.74) is 0.861.